The van der Waals surface area contributed by atoms with Crippen molar-refractivity contribution in [3.63, 3.8) is 0 Å². The van der Waals surface area contributed by atoms with Gasteiger partial charge in [-0.2, -0.15) is 0 Å². The predicted molar refractivity (Wildman–Crippen MR) is 83.3 cm³/mol. The van der Waals surface area contributed by atoms with Crippen LogP contribution in [0.4, 0.5) is 0 Å². The van der Waals surface area contributed by atoms with Gasteiger partial charge in [0.25, 0.3) is 0 Å². The van der Waals surface area contributed by atoms with Crippen molar-refractivity contribution in [3.05, 3.63) is 22.7 Å². The Hall–Kier alpha value is -0.930. The highest BCUT2D eigenvalue weighted by atomic mass is 35.5. The molecule has 1 aliphatic heterocycles. The Morgan fingerprint density at radius 3 is 2.19 bits per heavy atom. The number of ether oxygens (including phenoxy) is 2. The van der Waals surface area contributed by atoms with Gasteiger partial charge in [-0.1, -0.05) is 24.4 Å². The molecule has 1 heterocycles. The molecule has 3 aliphatic rings. The van der Waals surface area contributed by atoms with Gasteiger partial charge in [-0.25, -0.2) is 0 Å². The molecule has 0 saturated heterocycles. The lowest BCUT2D eigenvalue weighted by atomic mass is 9.79. The van der Waals surface area contributed by atoms with Gasteiger partial charge in [-0.15, -0.1) is 0 Å². The van der Waals surface area contributed by atoms with Crippen LogP contribution in [-0.2, 0) is 5.41 Å². The second kappa shape index (κ2) is 4.79. The van der Waals surface area contributed by atoms with Crippen LogP contribution in [0, 0.1) is 5.41 Å². The number of hydrogen-bond donors (Lipinski definition) is 1. The summed E-state index contributed by atoms with van der Waals surface area (Å²) in [6, 6.07) is 4.03. The maximum Gasteiger partial charge on any atom is 0.162 e. The fourth-order valence-electron chi connectivity index (χ4n) is 3.77. The lowest BCUT2D eigenvalue weighted by Gasteiger charge is -2.29. The zero-order valence-corrected chi connectivity index (χ0v) is 13.0. The number of fused-ring (bicyclic) bond motifs is 1. The van der Waals surface area contributed by atoms with Gasteiger partial charge in [-0.05, 0) is 37.3 Å². The minimum absolute atomic E-state index is 0.0268. The molecule has 2 saturated carbocycles. The van der Waals surface area contributed by atoms with E-state index in [1.807, 2.05) is 6.07 Å². The van der Waals surface area contributed by atoms with Crippen molar-refractivity contribution < 1.29 is 9.47 Å². The fraction of sp³-hybridized carbons (Fsp3) is 0.647. The molecule has 114 valence electrons. The average Bonchev–Trinajstić information content (AvgIpc) is 3.15. The smallest absolute Gasteiger partial charge is 0.162 e. The predicted octanol–water partition coefficient (Wildman–Crippen LogP) is 3.66. The van der Waals surface area contributed by atoms with Gasteiger partial charge < -0.3 is 15.2 Å². The molecule has 4 heteroatoms. The van der Waals surface area contributed by atoms with Crippen LogP contribution in [0.2, 0.25) is 5.02 Å². The molecule has 0 bridgehead atoms. The van der Waals surface area contributed by atoms with E-state index in [1.165, 1.54) is 25.7 Å². The number of hydrogen-bond acceptors (Lipinski definition) is 3. The standard InChI is InChI=1S/C17H22ClNO2/c18-13-8-15-14(20-10-16(5-6-16)11-21-15)7-12(13)17(9-19)3-1-2-4-17/h7-8H,1-6,9-11,19H2. The Kier molecular flexibility index (Phi) is 3.13. The second-order valence-electron chi connectivity index (χ2n) is 7.05. The van der Waals surface area contributed by atoms with Gasteiger partial charge in [0, 0.05) is 28.5 Å². The fourth-order valence-corrected chi connectivity index (χ4v) is 4.13. The Bertz CT molecular complexity index is 562. The second-order valence-corrected chi connectivity index (χ2v) is 7.45. The lowest BCUT2D eigenvalue weighted by molar-refractivity contribution is 0.197. The maximum atomic E-state index is 6.56. The largest absolute Gasteiger partial charge is 0.489 e. The summed E-state index contributed by atoms with van der Waals surface area (Å²) in [6.45, 7) is 2.16. The third kappa shape index (κ3) is 2.22. The van der Waals surface area contributed by atoms with Gasteiger partial charge in [-0.3, -0.25) is 0 Å². The summed E-state index contributed by atoms with van der Waals surface area (Å²) in [6.07, 6.45) is 7.10. The summed E-state index contributed by atoms with van der Waals surface area (Å²) in [5.41, 5.74) is 7.53. The molecular formula is C17H22ClNO2. The molecule has 1 spiro atoms. The van der Waals surface area contributed by atoms with Crippen LogP contribution < -0.4 is 15.2 Å². The Morgan fingerprint density at radius 1 is 1.00 bits per heavy atom. The summed E-state index contributed by atoms with van der Waals surface area (Å²) in [4.78, 5) is 0. The zero-order chi connectivity index (χ0) is 14.5. The third-order valence-electron chi connectivity index (χ3n) is 5.58. The summed E-state index contributed by atoms with van der Waals surface area (Å²) < 4.78 is 12.0. The van der Waals surface area contributed by atoms with Crippen LogP contribution in [0.15, 0.2) is 12.1 Å². The first kappa shape index (κ1) is 13.7. The van der Waals surface area contributed by atoms with Gasteiger partial charge >= 0.3 is 0 Å². The van der Waals surface area contributed by atoms with E-state index < -0.39 is 0 Å². The molecule has 1 aromatic carbocycles. The molecular weight excluding hydrogens is 286 g/mol. The molecule has 0 radical (unpaired) electrons. The number of nitrogens with two attached hydrogens (primary N) is 1. The van der Waals surface area contributed by atoms with E-state index in [0.29, 0.717) is 6.54 Å². The quantitative estimate of drug-likeness (QED) is 0.907. The normalized spacial score (nSPS) is 24.9. The van der Waals surface area contributed by atoms with E-state index in [1.54, 1.807) is 0 Å². The van der Waals surface area contributed by atoms with E-state index in [9.17, 15) is 0 Å². The van der Waals surface area contributed by atoms with E-state index >= 15 is 0 Å². The molecule has 2 fully saturated rings. The van der Waals surface area contributed by atoms with Crippen molar-refractivity contribution in [2.24, 2.45) is 11.1 Å². The van der Waals surface area contributed by atoms with Crippen molar-refractivity contribution in [1.82, 2.24) is 0 Å². The Morgan fingerprint density at radius 2 is 1.62 bits per heavy atom. The van der Waals surface area contributed by atoms with E-state index in [0.717, 1.165) is 48.1 Å². The van der Waals surface area contributed by atoms with E-state index in [4.69, 9.17) is 26.8 Å². The zero-order valence-electron chi connectivity index (χ0n) is 12.3. The van der Waals surface area contributed by atoms with Gasteiger partial charge in [0.15, 0.2) is 11.5 Å². The highest BCUT2D eigenvalue weighted by Crippen LogP contribution is 2.51. The van der Waals surface area contributed by atoms with Crippen LogP contribution in [0.1, 0.15) is 44.1 Å². The van der Waals surface area contributed by atoms with Crippen LogP contribution in [0.25, 0.3) is 0 Å². The van der Waals surface area contributed by atoms with Crippen molar-refractivity contribution in [2.45, 2.75) is 43.9 Å². The lowest BCUT2D eigenvalue weighted by Crippen LogP contribution is -2.32. The van der Waals surface area contributed by atoms with Gasteiger partial charge in [0.2, 0.25) is 0 Å². The van der Waals surface area contributed by atoms with Crippen molar-refractivity contribution in [3.8, 4) is 11.5 Å². The SMILES string of the molecule is NCC1(c2cc3c(cc2Cl)OCC2(CC2)CO3)CCCC1. The highest BCUT2D eigenvalue weighted by Gasteiger charge is 2.46. The topological polar surface area (TPSA) is 44.5 Å². The van der Waals surface area contributed by atoms with Crippen molar-refractivity contribution in [2.75, 3.05) is 19.8 Å². The first-order valence-electron chi connectivity index (χ1n) is 7.96. The van der Waals surface area contributed by atoms with Gasteiger partial charge in [0.05, 0.1) is 13.2 Å². The number of benzene rings is 1. The molecule has 0 unspecified atom stereocenters. The molecule has 0 aromatic heterocycles. The Labute approximate surface area is 130 Å². The third-order valence-corrected chi connectivity index (χ3v) is 5.89. The number of rotatable bonds is 2. The van der Waals surface area contributed by atoms with Crippen LogP contribution in [-0.4, -0.2) is 19.8 Å². The summed E-state index contributed by atoms with van der Waals surface area (Å²) >= 11 is 6.56. The Balaban J connectivity index is 1.72. The average molecular weight is 308 g/mol. The van der Waals surface area contributed by atoms with Crippen molar-refractivity contribution >= 4 is 11.6 Å². The van der Waals surface area contributed by atoms with Crippen LogP contribution in [0.3, 0.4) is 0 Å². The minimum Gasteiger partial charge on any atom is -0.489 e. The summed E-state index contributed by atoms with van der Waals surface area (Å²) in [5, 5.41) is 0.774. The summed E-state index contributed by atoms with van der Waals surface area (Å²) in [7, 11) is 0. The van der Waals surface area contributed by atoms with Crippen LogP contribution >= 0.6 is 11.6 Å². The molecule has 21 heavy (non-hydrogen) atoms. The first-order valence-corrected chi connectivity index (χ1v) is 8.34. The van der Waals surface area contributed by atoms with Crippen LogP contribution in [0.5, 0.6) is 11.5 Å². The van der Waals surface area contributed by atoms with E-state index in [2.05, 4.69) is 6.07 Å². The summed E-state index contributed by atoms with van der Waals surface area (Å²) in [5.74, 6) is 1.63. The first-order chi connectivity index (χ1) is 10.2. The highest BCUT2D eigenvalue weighted by molar-refractivity contribution is 6.31. The monoisotopic (exact) mass is 307 g/mol. The molecule has 0 amide bonds. The molecule has 0 atom stereocenters. The van der Waals surface area contributed by atoms with Gasteiger partial charge in [0.1, 0.15) is 0 Å². The molecule has 2 aliphatic carbocycles. The minimum atomic E-state index is 0.0268. The molecule has 2 N–H and O–H groups in total. The van der Waals surface area contributed by atoms with Crippen molar-refractivity contribution in [1.29, 1.82) is 0 Å². The molecule has 3 nitrogen and oxygen atoms in total. The molecule has 1 aromatic rings. The maximum absolute atomic E-state index is 6.56. The molecule has 4 rings (SSSR count). The number of halogens is 1. The van der Waals surface area contributed by atoms with E-state index in [-0.39, 0.29) is 10.8 Å².